The summed E-state index contributed by atoms with van der Waals surface area (Å²) in [6.45, 7) is 3.38. The molecule has 1 aliphatic heterocycles. The van der Waals surface area contributed by atoms with Crippen LogP contribution in [0.15, 0.2) is 54.1 Å². The number of hydrogen-bond donors (Lipinski definition) is 1. The summed E-state index contributed by atoms with van der Waals surface area (Å²) in [4.78, 5) is 29.3. The number of carbonyl (C=O) groups is 2. The number of nitrogens with zero attached hydrogens (tertiary/aromatic N) is 2. The SMILES string of the molecule is CCOc1ccc(C2/C(=C(\O)c3ccc(OC)cc3)C(=O)C(=O)N2CCN(C)C)cc1. The Labute approximate surface area is 182 Å². The van der Waals surface area contributed by atoms with Crippen molar-refractivity contribution in [2.24, 2.45) is 0 Å². The quantitative estimate of drug-likeness (QED) is 0.399. The smallest absolute Gasteiger partial charge is 0.295 e. The van der Waals surface area contributed by atoms with Crippen molar-refractivity contribution in [3.63, 3.8) is 0 Å². The van der Waals surface area contributed by atoms with Gasteiger partial charge in [0.05, 0.1) is 25.3 Å². The van der Waals surface area contributed by atoms with Crippen LogP contribution in [0, 0.1) is 0 Å². The highest BCUT2D eigenvalue weighted by Crippen LogP contribution is 2.39. The maximum atomic E-state index is 13.0. The van der Waals surface area contributed by atoms with Gasteiger partial charge in [-0.15, -0.1) is 0 Å². The molecule has 1 amide bonds. The fourth-order valence-electron chi connectivity index (χ4n) is 3.58. The lowest BCUT2D eigenvalue weighted by molar-refractivity contribution is -0.140. The highest BCUT2D eigenvalue weighted by Gasteiger charge is 2.45. The molecule has 0 aliphatic carbocycles. The Balaban J connectivity index is 2.09. The zero-order valence-corrected chi connectivity index (χ0v) is 18.3. The number of amides is 1. The van der Waals surface area contributed by atoms with E-state index in [9.17, 15) is 14.7 Å². The van der Waals surface area contributed by atoms with E-state index in [1.54, 1.807) is 43.5 Å². The van der Waals surface area contributed by atoms with Gasteiger partial charge in [-0.3, -0.25) is 9.59 Å². The molecule has 31 heavy (non-hydrogen) atoms. The van der Waals surface area contributed by atoms with Crippen molar-refractivity contribution < 1.29 is 24.2 Å². The summed E-state index contributed by atoms with van der Waals surface area (Å²) in [5, 5.41) is 11.0. The normalized spacial score (nSPS) is 18.0. The molecule has 2 aromatic rings. The van der Waals surface area contributed by atoms with Gasteiger partial charge in [0.2, 0.25) is 0 Å². The third-order valence-electron chi connectivity index (χ3n) is 5.20. The highest BCUT2D eigenvalue weighted by atomic mass is 16.5. The van der Waals surface area contributed by atoms with Crippen molar-refractivity contribution in [1.29, 1.82) is 0 Å². The second-order valence-corrected chi connectivity index (χ2v) is 7.53. The summed E-state index contributed by atoms with van der Waals surface area (Å²) in [7, 11) is 5.36. The molecular weight excluding hydrogens is 396 g/mol. The minimum atomic E-state index is -0.689. The van der Waals surface area contributed by atoms with E-state index in [1.807, 2.05) is 38.1 Å². The molecule has 0 radical (unpaired) electrons. The molecule has 1 heterocycles. The van der Waals surface area contributed by atoms with Crippen LogP contribution >= 0.6 is 0 Å². The predicted molar refractivity (Wildman–Crippen MR) is 118 cm³/mol. The summed E-state index contributed by atoms with van der Waals surface area (Å²) >= 11 is 0. The van der Waals surface area contributed by atoms with Gasteiger partial charge in [-0.2, -0.15) is 0 Å². The lowest BCUT2D eigenvalue weighted by Crippen LogP contribution is -2.35. The van der Waals surface area contributed by atoms with Crippen LogP contribution in [0.4, 0.5) is 0 Å². The second kappa shape index (κ2) is 9.66. The number of ether oxygens (including phenoxy) is 2. The average Bonchev–Trinajstić information content (AvgIpc) is 3.02. The Morgan fingerprint density at radius 3 is 2.19 bits per heavy atom. The van der Waals surface area contributed by atoms with E-state index in [4.69, 9.17) is 9.47 Å². The van der Waals surface area contributed by atoms with Gasteiger partial charge < -0.3 is 24.4 Å². The van der Waals surface area contributed by atoms with Gasteiger partial charge in [0.25, 0.3) is 11.7 Å². The predicted octanol–water partition coefficient (Wildman–Crippen LogP) is 3.08. The maximum absolute atomic E-state index is 13.0. The van der Waals surface area contributed by atoms with Crippen LogP contribution in [0.3, 0.4) is 0 Å². The van der Waals surface area contributed by atoms with Crippen molar-refractivity contribution in [2.45, 2.75) is 13.0 Å². The van der Waals surface area contributed by atoms with Crippen LogP contribution in [0.5, 0.6) is 11.5 Å². The molecular formula is C24H28N2O5. The van der Waals surface area contributed by atoms with E-state index >= 15 is 0 Å². The topological polar surface area (TPSA) is 79.3 Å². The van der Waals surface area contributed by atoms with E-state index < -0.39 is 17.7 Å². The maximum Gasteiger partial charge on any atom is 0.295 e. The number of methoxy groups -OCH3 is 1. The largest absolute Gasteiger partial charge is 0.507 e. The number of ketones is 1. The first-order valence-corrected chi connectivity index (χ1v) is 10.2. The molecule has 7 heteroatoms. The van der Waals surface area contributed by atoms with Gasteiger partial charge in [0.15, 0.2) is 0 Å². The molecule has 1 N–H and O–H groups in total. The number of benzene rings is 2. The number of rotatable bonds is 8. The summed E-state index contributed by atoms with van der Waals surface area (Å²) in [6.07, 6.45) is 0. The van der Waals surface area contributed by atoms with Gasteiger partial charge in [-0.25, -0.2) is 0 Å². The molecule has 7 nitrogen and oxygen atoms in total. The van der Waals surface area contributed by atoms with E-state index in [0.29, 0.717) is 36.8 Å². The van der Waals surface area contributed by atoms with Crippen LogP contribution in [0.2, 0.25) is 0 Å². The number of likely N-dealkylation sites (N-methyl/N-ethyl adjacent to an activating group) is 1. The average molecular weight is 424 g/mol. The molecule has 0 aromatic heterocycles. The van der Waals surface area contributed by atoms with Crippen molar-refractivity contribution in [1.82, 2.24) is 9.80 Å². The van der Waals surface area contributed by atoms with Crippen molar-refractivity contribution in [2.75, 3.05) is 40.9 Å². The summed E-state index contributed by atoms with van der Waals surface area (Å²) in [5.41, 5.74) is 1.26. The standard InChI is InChI=1S/C24H28N2O5/c1-5-31-19-12-6-16(7-13-19)21-20(22(27)17-8-10-18(30-4)11-9-17)23(28)24(29)26(21)15-14-25(2)3/h6-13,21,27H,5,14-15H2,1-4H3/b22-20+. The Kier molecular flexibility index (Phi) is 6.97. The first-order valence-electron chi connectivity index (χ1n) is 10.2. The fraction of sp³-hybridized carbons (Fsp3) is 0.333. The number of carbonyl (C=O) groups excluding carboxylic acids is 2. The van der Waals surface area contributed by atoms with E-state index in [2.05, 4.69) is 0 Å². The van der Waals surface area contributed by atoms with Gasteiger partial charge in [0.1, 0.15) is 17.3 Å². The summed E-state index contributed by atoms with van der Waals surface area (Å²) in [6, 6.07) is 13.3. The minimum Gasteiger partial charge on any atom is -0.507 e. The van der Waals surface area contributed by atoms with Crippen LogP contribution in [0.1, 0.15) is 24.1 Å². The van der Waals surface area contributed by atoms with Crippen molar-refractivity contribution in [3.8, 4) is 11.5 Å². The number of aliphatic hydroxyl groups excluding tert-OH is 1. The molecule has 0 spiro atoms. The Hall–Kier alpha value is -3.32. The third-order valence-corrected chi connectivity index (χ3v) is 5.20. The third kappa shape index (κ3) is 4.72. The van der Waals surface area contributed by atoms with Crippen molar-refractivity contribution in [3.05, 3.63) is 65.2 Å². The van der Waals surface area contributed by atoms with Crippen LogP contribution in [-0.2, 0) is 9.59 Å². The molecule has 164 valence electrons. The van der Waals surface area contributed by atoms with Crippen LogP contribution < -0.4 is 9.47 Å². The molecule has 2 aromatic carbocycles. The second-order valence-electron chi connectivity index (χ2n) is 7.53. The molecule has 1 fully saturated rings. The van der Waals surface area contributed by atoms with Crippen molar-refractivity contribution >= 4 is 17.4 Å². The fourth-order valence-corrected chi connectivity index (χ4v) is 3.58. The molecule has 0 saturated carbocycles. The zero-order chi connectivity index (χ0) is 22.5. The molecule has 1 aliphatic rings. The molecule has 1 unspecified atom stereocenters. The Morgan fingerprint density at radius 1 is 1.03 bits per heavy atom. The molecule has 3 rings (SSSR count). The van der Waals surface area contributed by atoms with Crippen LogP contribution in [-0.4, -0.2) is 67.5 Å². The van der Waals surface area contributed by atoms with E-state index in [0.717, 1.165) is 5.56 Å². The molecule has 1 atom stereocenters. The number of aliphatic hydroxyl groups is 1. The molecule has 0 bridgehead atoms. The van der Waals surface area contributed by atoms with Crippen LogP contribution in [0.25, 0.3) is 5.76 Å². The Bertz CT molecular complexity index is 964. The summed E-state index contributed by atoms with van der Waals surface area (Å²) in [5.74, 6) is -0.174. The van der Waals surface area contributed by atoms with Gasteiger partial charge >= 0.3 is 0 Å². The van der Waals surface area contributed by atoms with Gasteiger partial charge in [-0.1, -0.05) is 12.1 Å². The number of hydrogen-bond acceptors (Lipinski definition) is 6. The molecule has 1 saturated heterocycles. The summed E-state index contributed by atoms with van der Waals surface area (Å²) < 4.78 is 10.7. The van der Waals surface area contributed by atoms with Gasteiger partial charge in [-0.05, 0) is 63.0 Å². The lowest BCUT2D eigenvalue weighted by Gasteiger charge is -2.26. The van der Waals surface area contributed by atoms with Gasteiger partial charge in [0, 0.05) is 18.7 Å². The first-order chi connectivity index (χ1) is 14.9. The van der Waals surface area contributed by atoms with E-state index in [1.165, 1.54) is 4.90 Å². The van der Waals surface area contributed by atoms with E-state index in [-0.39, 0.29) is 11.3 Å². The first kappa shape index (κ1) is 22.4. The Morgan fingerprint density at radius 2 is 1.65 bits per heavy atom. The zero-order valence-electron chi connectivity index (χ0n) is 18.3. The highest BCUT2D eigenvalue weighted by molar-refractivity contribution is 6.46. The monoisotopic (exact) mass is 424 g/mol. The number of likely N-dealkylation sites (tertiary alicyclic amines) is 1. The lowest BCUT2D eigenvalue weighted by atomic mass is 9.95. The number of Topliss-reactive ketones (excluding diaryl/α,β-unsaturated/α-hetero) is 1. The minimum absolute atomic E-state index is 0.0816.